The van der Waals surface area contributed by atoms with Crippen LogP contribution in [-0.4, -0.2) is 21.8 Å². The Morgan fingerprint density at radius 3 is 2.73 bits per heavy atom. The van der Waals surface area contributed by atoms with Crippen LogP contribution in [0.15, 0.2) is 29.2 Å². The van der Waals surface area contributed by atoms with Crippen LogP contribution in [0.5, 0.6) is 0 Å². The number of carbonyl (C=O) groups excluding carboxylic acids is 1. The molecule has 0 radical (unpaired) electrons. The number of alkyl halides is 3. The highest BCUT2D eigenvalue weighted by Crippen LogP contribution is 2.44. The summed E-state index contributed by atoms with van der Waals surface area (Å²) in [6, 6.07) is 3.16. The zero-order valence-corrected chi connectivity index (χ0v) is 15.9. The first-order valence-corrected chi connectivity index (χ1v) is 9.24. The number of rotatable bonds is 2. The molecule has 4 rings (SSSR count). The van der Waals surface area contributed by atoms with Crippen molar-refractivity contribution in [2.75, 3.05) is 11.1 Å². The highest BCUT2D eigenvalue weighted by molar-refractivity contribution is 5.95. The van der Waals surface area contributed by atoms with Gasteiger partial charge in [0.2, 0.25) is 5.54 Å². The van der Waals surface area contributed by atoms with E-state index in [0.29, 0.717) is 11.3 Å². The van der Waals surface area contributed by atoms with E-state index in [1.165, 1.54) is 29.0 Å². The molecular formula is C20H18F3N5O2. The lowest BCUT2D eigenvalue weighted by molar-refractivity contribution is -0.178. The first kappa shape index (κ1) is 19.8. The normalized spacial score (nSPS) is 20.5. The fourth-order valence-electron chi connectivity index (χ4n) is 3.31. The second kappa shape index (κ2) is 6.79. The van der Waals surface area contributed by atoms with Gasteiger partial charge in [-0.3, -0.25) is 4.79 Å². The average Bonchev–Trinajstić information content (AvgIpc) is 3.49. The van der Waals surface area contributed by atoms with Gasteiger partial charge in [-0.1, -0.05) is 24.0 Å². The Bertz CT molecular complexity index is 1160. The van der Waals surface area contributed by atoms with Crippen LogP contribution in [0.25, 0.3) is 0 Å². The molecule has 1 aromatic carbocycles. The summed E-state index contributed by atoms with van der Waals surface area (Å²) in [6.45, 7) is 1.72. The summed E-state index contributed by atoms with van der Waals surface area (Å²) in [6.07, 6.45) is -1.89. The number of anilines is 2. The summed E-state index contributed by atoms with van der Waals surface area (Å²) in [5, 5.41) is 4.39. The molecule has 30 heavy (non-hydrogen) atoms. The van der Waals surface area contributed by atoms with Gasteiger partial charge in [-0.05, 0) is 31.4 Å². The molecule has 1 atom stereocenters. The Morgan fingerprint density at radius 2 is 2.07 bits per heavy atom. The molecule has 7 nitrogen and oxygen atoms in total. The van der Waals surface area contributed by atoms with E-state index >= 15 is 0 Å². The van der Waals surface area contributed by atoms with Crippen molar-refractivity contribution >= 4 is 17.5 Å². The number of carbonyl (C=O) groups is 1. The number of nitrogens with zero attached hydrogens (tertiary/aromatic N) is 2. The van der Waals surface area contributed by atoms with Gasteiger partial charge in [0.15, 0.2) is 5.82 Å². The lowest BCUT2D eigenvalue weighted by Crippen LogP contribution is -2.59. The van der Waals surface area contributed by atoms with Crippen molar-refractivity contribution in [3.63, 3.8) is 0 Å². The minimum atomic E-state index is -4.82. The third-order valence-corrected chi connectivity index (χ3v) is 5.12. The SMILES string of the molecule is Cc1cnc(N)c(=O)n1Cc1ccc2c(c1)NC(=O)N[C@]2(C#CC1CC1)C(F)(F)F. The van der Waals surface area contributed by atoms with E-state index in [4.69, 9.17) is 5.73 Å². The van der Waals surface area contributed by atoms with E-state index in [0.717, 1.165) is 12.8 Å². The third-order valence-electron chi connectivity index (χ3n) is 5.12. The van der Waals surface area contributed by atoms with Crippen LogP contribution in [0, 0.1) is 24.7 Å². The van der Waals surface area contributed by atoms with Crippen molar-refractivity contribution in [1.82, 2.24) is 14.9 Å². The average molecular weight is 417 g/mol. The molecule has 1 saturated carbocycles. The second-order valence-corrected chi connectivity index (χ2v) is 7.43. The van der Waals surface area contributed by atoms with E-state index in [-0.39, 0.29) is 29.5 Å². The lowest BCUT2D eigenvalue weighted by atomic mass is 9.85. The molecular weight excluding hydrogens is 399 g/mol. The van der Waals surface area contributed by atoms with Crippen molar-refractivity contribution in [2.24, 2.45) is 5.92 Å². The van der Waals surface area contributed by atoms with Crippen molar-refractivity contribution in [1.29, 1.82) is 0 Å². The van der Waals surface area contributed by atoms with Crippen LogP contribution >= 0.6 is 0 Å². The third kappa shape index (κ3) is 3.36. The summed E-state index contributed by atoms with van der Waals surface area (Å²) >= 11 is 0. The number of fused-ring (bicyclic) bond motifs is 1. The Kier molecular flexibility index (Phi) is 4.49. The van der Waals surface area contributed by atoms with Crippen LogP contribution in [0.2, 0.25) is 0 Å². The summed E-state index contributed by atoms with van der Waals surface area (Å²) in [5.74, 6) is 4.67. The van der Waals surface area contributed by atoms with Crippen LogP contribution in [0.1, 0.15) is 29.7 Å². The number of benzene rings is 1. The molecule has 1 aromatic heterocycles. The number of halogens is 3. The highest BCUT2D eigenvalue weighted by Gasteiger charge is 2.59. The minimum Gasteiger partial charge on any atom is -0.379 e. The Hall–Kier alpha value is -3.48. The summed E-state index contributed by atoms with van der Waals surface area (Å²) in [4.78, 5) is 28.1. The maximum Gasteiger partial charge on any atom is 0.427 e. The largest absolute Gasteiger partial charge is 0.427 e. The number of nitrogens with one attached hydrogen (secondary N) is 2. The number of amides is 2. The van der Waals surface area contributed by atoms with Gasteiger partial charge < -0.3 is 20.9 Å². The zero-order chi connectivity index (χ0) is 21.7. The Morgan fingerprint density at radius 1 is 1.33 bits per heavy atom. The lowest BCUT2D eigenvalue weighted by Gasteiger charge is -2.37. The molecule has 2 aromatic rings. The molecule has 0 bridgehead atoms. The molecule has 2 heterocycles. The molecule has 4 N–H and O–H groups in total. The van der Waals surface area contributed by atoms with Crippen LogP contribution < -0.4 is 21.9 Å². The highest BCUT2D eigenvalue weighted by atomic mass is 19.4. The Labute approximate surface area is 169 Å². The van der Waals surface area contributed by atoms with Crippen LogP contribution in [0.3, 0.4) is 0 Å². The molecule has 1 fully saturated rings. The first-order chi connectivity index (χ1) is 14.1. The Balaban J connectivity index is 1.79. The standard InChI is InChI=1S/C20H18F3N5O2/c1-11-9-25-16(24)17(29)28(11)10-13-4-5-14-15(8-13)26-18(30)27-19(14,20(21,22)23)7-6-12-2-3-12/h4-5,8-9,12H,2-3,10H2,1H3,(H2,24,25)(H2,26,27,30)/t19-/m0/s1. The number of hydrogen-bond acceptors (Lipinski definition) is 4. The minimum absolute atomic E-state index is 0.00796. The number of hydrogen-bond donors (Lipinski definition) is 3. The number of urea groups is 1. The molecule has 1 aliphatic carbocycles. The maximum absolute atomic E-state index is 14.1. The summed E-state index contributed by atoms with van der Waals surface area (Å²) in [7, 11) is 0. The van der Waals surface area contributed by atoms with Crippen LogP contribution in [0.4, 0.5) is 29.5 Å². The second-order valence-electron chi connectivity index (χ2n) is 7.43. The molecule has 10 heteroatoms. The van der Waals surface area contributed by atoms with Gasteiger partial charge in [0.05, 0.1) is 6.54 Å². The van der Waals surface area contributed by atoms with Gasteiger partial charge in [-0.2, -0.15) is 13.2 Å². The van der Waals surface area contributed by atoms with Crippen molar-refractivity contribution < 1.29 is 18.0 Å². The van der Waals surface area contributed by atoms with E-state index in [1.54, 1.807) is 6.92 Å². The molecule has 2 amide bonds. The fraction of sp³-hybridized carbons (Fsp3) is 0.350. The van der Waals surface area contributed by atoms with Gasteiger partial charge >= 0.3 is 12.2 Å². The summed E-state index contributed by atoms with van der Waals surface area (Å²) < 4.78 is 43.7. The topological polar surface area (TPSA) is 102 Å². The monoisotopic (exact) mass is 417 g/mol. The fourth-order valence-corrected chi connectivity index (χ4v) is 3.31. The predicted octanol–water partition coefficient (Wildman–Crippen LogP) is 2.49. The number of nitrogen functional groups attached to an aromatic ring is 1. The quantitative estimate of drug-likeness (QED) is 0.654. The van der Waals surface area contributed by atoms with E-state index in [2.05, 4.69) is 22.1 Å². The number of aromatic nitrogens is 2. The van der Waals surface area contributed by atoms with E-state index in [1.807, 2.05) is 5.32 Å². The van der Waals surface area contributed by atoms with Gasteiger partial charge in [-0.25, -0.2) is 9.78 Å². The number of aryl methyl sites for hydroxylation is 1. The van der Waals surface area contributed by atoms with Crippen molar-refractivity contribution in [3.05, 3.63) is 51.6 Å². The van der Waals surface area contributed by atoms with Crippen LogP contribution in [-0.2, 0) is 12.1 Å². The van der Waals surface area contributed by atoms with Crippen molar-refractivity contribution in [3.8, 4) is 11.8 Å². The maximum atomic E-state index is 14.1. The van der Waals surface area contributed by atoms with E-state index in [9.17, 15) is 22.8 Å². The number of nitrogens with two attached hydrogens (primary N) is 1. The van der Waals surface area contributed by atoms with Gasteiger partial charge in [0.1, 0.15) is 0 Å². The van der Waals surface area contributed by atoms with Gasteiger partial charge in [-0.15, -0.1) is 0 Å². The summed E-state index contributed by atoms with van der Waals surface area (Å²) in [5.41, 5.74) is 3.13. The van der Waals surface area contributed by atoms with Gasteiger partial charge in [0.25, 0.3) is 5.56 Å². The smallest absolute Gasteiger partial charge is 0.379 e. The zero-order valence-electron chi connectivity index (χ0n) is 15.9. The predicted molar refractivity (Wildman–Crippen MR) is 104 cm³/mol. The van der Waals surface area contributed by atoms with Gasteiger partial charge in [0, 0.05) is 29.1 Å². The molecule has 0 spiro atoms. The molecule has 1 aliphatic heterocycles. The molecule has 2 aliphatic rings. The van der Waals surface area contributed by atoms with E-state index < -0.39 is 23.3 Å². The molecule has 156 valence electrons. The molecule has 0 saturated heterocycles. The van der Waals surface area contributed by atoms with Crippen molar-refractivity contribution in [2.45, 2.75) is 38.0 Å². The molecule has 0 unspecified atom stereocenters. The first-order valence-electron chi connectivity index (χ1n) is 9.24.